The monoisotopic (exact) mass is 293 g/mol. The van der Waals surface area contributed by atoms with Crippen molar-refractivity contribution >= 4 is 15.9 Å². The molecule has 0 aliphatic heterocycles. The Kier molecular flexibility index (Phi) is 3.97. The summed E-state index contributed by atoms with van der Waals surface area (Å²) in [6.45, 7) is 6.09. The van der Waals surface area contributed by atoms with Crippen LogP contribution in [-0.2, 0) is 6.54 Å². The van der Waals surface area contributed by atoms with Gasteiger partial charge in [0.25, 0.3) is 0 Å². The fourth-order valence-corrected chi connectivity index (χ4v) is 2.00. The summed E-state index contributed by atoms with van der Waals surface area (Å²) in [4.78, 5) is 0. The molecule has 0 bridgehead atoms. The van der Waals surface area contributed by atoms with Crippen LogP contribution in [0.15, 0.2) is 35.1 Å². The molecular formula is C13H16BrN3. The molecule has 90 valence electrons. The van der Waals surface area contributed by atoms with Crippen molar-refractivity contribution in [2.24, 2.45) is 0 Å². The summed E-state index contributed by atoms with van der Waals surface area (Å²) in [6.07, 6.45) is 3.77. The third-order valence-electron chi connectivity index (χ3n) is 2.65. The lowest BCUT2D eigenvalue weighted by Crippen LogP contribution is -2.12. The van der Waals surface area contributed by atoms with Crippen LogP contribution in [0.25, 0.3) is 5.69 Å². The number of nitrogens with one attached hydrogen (secondary N) is 1. The van der Waals surface area contributed by atoms with Crippen LogP contribution in [0.4, 0.5) is 0 Å². The van der Waals surface area contributed by atoms with Crippen molar-refractivity contribution in [3.8, 4) is 5.69 Å². The number of hydrogen-bond acceptors (Lipinski definition) is 2. The Morgan fingerprint density at radius 2 is 2.24 bits per heavy atom. The highest BCUT2D eigenvalue weighted by molar-refractivity contribution is 9.10. The Bertz CT molecular complexity index is 505. The molecule has 1 N–H and O–H groups in total. The minimum atomic E-state index is 0.895. The fraction of sp³-hybridized carbons (Fsp3) is 0.308. The van der Waals surface area contributed by atoms with Crippen molar-refractivity contribution < 1.29 is 0 Å². The molecular weight excluding hydrogens is 278 g/mol. The summed E-state index contributed by atoms with van der Waals surface area (Å²) in [5.74, 6) is 0. The van der Waals surface area contributed by atoms with Crippen LogP contribution in [0.2, 0.25) is 0 Å². The summed E-state index contributed by atoms with van der Waals surface area (Å²) in [5, 5.41) is 7.65. The SMILES string of the molecule is CCNCc1ccc(C)c(-n2cc(Br)cn2)c1. The number of rotatable bonds is 4. The first-order chi connectivity index (χ1) is 8.20. The molecule has 1 aromatic carbocycles. The fourth-order valence-electron chi connectivity index (χ4n) is 1.71. The summed E-state index contributed by atoms with van der Waals surface area (Å²) in [7, 11) is 0. The lowest BCUT2D eigenvalue weighted by atomic mass is 10.1. The standard InChI is InChI=1S/C13H16BrN3/c1-3-15-7-11-5-4-10(2)13(6-11)17-9-12(14)8-16-17/h4-6,8-9,15H,3,7H2,1-2H3. The average molecular weight is 294 g/mol. The zero-order chi connectivity index (χ0) is 12.3. The van der Waals surface area contributed by atoms with Crippen LogP contribution in [0, 0.1) is 6.92 Å². The van der Waals surface area contributed by atoms with E-state index in [1.165, 1.54) is 11.1 Å². The molecule has 17 heavy (non-hydrogen) atoms. The second kappa shape index (κ2) is 5.47. The highest BCUT2D eigenvalue weighted by Gasteiger charge is 2.04. The number of nitrogens with zero attached hydrogens (tertiary/aromatic N) is 2. The Hall–Kier alpha value is -1.13. The first-order valence-corrected chi connectivity index (χ1v) is 6.51. The topological polar surface area (TPSA) is 29.9 Å². The van der Waals surface area contributed by atoms with Gasteiger partial charge in [0, 0.05) is 12.7 Å². The summed E-state index contributed by atoms with van der Waals surface area (Å²) in [6, 6.07) is 6.47. The molecule has 1 aromatic heterocycles. The van der Waals surface area contributed by atoms with Crippen molar-refractivity contribution in [1.29, 1.82) is 0 Å². The van der Waals surface area contributed by atoms with Crippen molar-refractivity contribution in [2.75, 3.05) is 6.54 Å². The normalized spacial score (nSPS) is 10.8. The second-order valence-corrected chi connectivity index (χ2v) is 4.92. The number of aromatic nitrogens is 2. The van der Waals surface area contributed by atoms with Crippen LogP contribution < -0.4 is 5.32 Å². The van der Waals surface area contributed by atoms with Crippen molar-refractivity contribution in [3.05, 3.63) is 46.2 Å². The van der Waals surface area contributed by atoms with Gasteiger partial charge in [-0.25, -0.2) is 4.68 Å². The first kappa shape index (κ1) is 12.3. The first-order valence-electron chi connectivity index (χ1n) is 5.71. The predicted molar refractivity (Wildman–Crippen MR) is 73.4 cm³/mol. The van der Waals surface area contributed by atoms with E-state index in [2.05, 4.69) is 58.4 Å². The van der Waals surface area contributed by atoms with Gasteiger partial charge in [0.05, 0.1) is 16.4 Å². The Morgan fingerprint density at radius 3 is 2.88 bits per heavy atom. The van der Waals surface area contributed by atoms with Crippen molar-refractivity contribution in [2.45, 2.75) is 20.4 Å². The third kappa shape index (κ3) is 2.96. The van der Waals surface area contributed by atoms with Gasteiger partial charge in [0.1, 0.15) is 0 Å². The van der Waals surface area contributed by atoms with E-state index in [9.17, 15) is 0 Å². The molecule has 2 aromatic rings. The van der Waals surface area contributed by atoms with Crippen LogP contribution in [-0.4, -0.2) is 16.3 Å². The summed E-state index contributed by atoms with van der Waals surface area (Å²) >= 11 is 3.42. The molecule has 0 fully saturated rings. The molecule has 0 aliphatic rings. The molecule has 4 heteroatoms. The Labute approximate surface area is 110 Å². The van der Waals surface area contributed by atoms with Gasteiger partial charge in [-0.2, -0.15) is 5.10 Å². The van der Waals surface area contributed by atoms with Crippen molar-refractivity contribution in [1.82, 2.24) is 15.1 Å². The number of hydrogen-bond donors (Lipinski definition) is 1. The number of aryl methyl sites for hydroxylation is 1. The quantitative estimate of drug-likeness (QED) is 0.939. The van der Waals surface area contributed by atoms with Gasteiger partial charge in [0.2, 0.25) is 0 Å². The number of halogens is 1. The third-order valence-corrected chi connectivity index (χ3v) is 3.06. The molecule has 0 radical (unpaired) electrons. The molecule has 0 saturated heterocycles. The van der Waals surface area contributed by atoms with Crippen LogP contribution in [0.3, 0.4) is 0 Å². The van der Waals surface area contributed by atoms with Gasteiger partial charge in [-0.1, -0.05) is 19.1 Å². The maximum Gasteiger partial charge on any atom is 0.0678 e. The highest BCUT2D eigenvalue weighted by Crippen LogP contribution is 2.18. The lowest BCUT2D eigenvalue weighted by Gasteiger charge is -2.09. The zero-order valence-corrected chi connectivity index (χ0v) is 11.7. The van der Waals surface area contributed by atoms with Gasteiger partial charge in [0.15, 0.2) is 0 Å². The molecule has 0 amide bonds. The maximum atomic E-state index is 4.32. The molecule has 2 rings (SSSR count). The maximum absolute atomic E-state index is 4.32. The van der Waals surface area contributed by atoms with Gasteiger partial charge in [-0.15, -0.1) is 0 Å². The summed E-state index contributed by atoms with van der Waals surface area (Å²) in [5.41, 5.74) is 3.63. The van der Waals surface area contributed by atoms with Crippen LogP contribution in [0.5, 0.6) is 0 Å². The van der Waals surface area contributed by atoms with Gasteiger partial charge in [-0.05, 0) is 46.6 Å². The van der Waals surface area contributed by atoms with E-state index in [-0.39, 0.29) is 0 Å². The van der Waals surface area contributed by atoms with E-state index in [1.54, 1.807) is 6.20 Å². The van der Waals surface area contributed by atoms with Crippen molar-refractivity contribution in [3.63, 3.8) is 0 Å². The van der Waals surface area contributed by atoms with E-state index < -0.39 is 0 Å². The summed E-state index contributed by atoms with van der Waals surface area (Å²) < 4.78 is 2.89. The van der Waals surface area contributed by atoms with E-state index in [0.29, 0.717) is 0 Å². The minimum Gasteiger partial charge on any atom is -0.313 e. The lowest BCUT2D eigenvalue weighted by molar-refractivity contribution is 0.725. The van der Waals surface area contributed by atoms with E-state index in [4.69, 9.17) is 0 Å². The predicted octanol–water partition coefficient (Wildman–Crippen LogP) is 3.05. The molecule has 0 unspecified atom stereocenters. The molecule has 0 saturated carbocycles. The molecule has 0 spiro atoms. The van der Waals surface area contributed by atoms with E-state index in [0.717, 1.165) is 23.2 Å². The molecule has 1 heterocycles. The van der Waals surface area contributed by atoms with Gasteiger partial charge >= 0.3 is 0 Å². The number of benzene rings is 1. The van der Waals surface area contributed by atoms with Gasteiger partial charge in [-0.3, -0.25) is 0 Å². The largest absolute Gasteiger partial charge is 0.313 e. The van der Waals surface area contributed by atoms with Crippen LogP contribution >= 0.6 is 15.9 Å². The van der Waals surface area contributed by atoms with E-state index >= 15 is 0 Å². The smallest absolute Gasteiger partial charge is 0.0678 e. The molecule has 3 nitrogen and oxygen atoms in total. The zero-order valence-electron chi connectivity index (χ0n) is 10.1. The average Bonchev–Trinajstić information content (AvgIpc) is 2.75. The molecule has 0 atom stereocenters. The highest BCUT2D eigenvalue weighted by atomic mass is 79.9. The Balaban J connectivity index is 2.32. The van der Waals surface area contributed by atoms with Gasteiger partial charge < -0.3 is 5.32 Å². The minimum absolute atomic E-state index is 0.895. The Morgan fingerprint density at radius 1 is 1.41 bits per heavy atom. The van der Waals surface area contributed by atoms with E-state index in [1.807, 2.05) is 10.9 Å². The molecule has 0 aliphatic carbocycles. The second-order valence-electron chi connectivity index (χ2n) is 4.00. The van der Waals surface area contributed by atoms with Crippen LogP contribution in [0.1, 0.15) is 18.1 Å².